The number of rotatable bonds is 4. The summed E-state index contributed by atoms with van der Waals surface area (Å²) < 4.78 is 18.1. The summed E-state index contributed by atoms with van der Waals surface area (Å²) >= 11 is 6.06. The Bertz CT molecular complexity index is 831. The van der Waals surface area contributed by atoms with Gasteiger partial charge >= 0.3 is 0 Å². The van der Waals surface area contributed by atoms with Gasteiger partial charge in [-0.15, -0.1) is 0 Å². The molecule has 1 aromatic heterocycles. The van der Waals surface area contributed by atoms with Crippen molar-refractivity contribution in [1.29, 1.82) is 0 Å². The minimum atomic E-state index is -0.363. The first-order valence-electron chi connectivity index (χ1n) is 6.87. The molecule has 0 spiro atoms. The van der Waals surface area contributed by atoms with Crippen LogP contribution >= 0.6 is 11.6 Å². The topological polar surface area (TPSA) is 55.1 Å². The molecule has 0 unspecified atom stereocenters. The summed E-state index contributed by atoms with van der Waals surface area (Å²) in [6, 6.07) is 12.9. The van der Waals surface area contributed by atoms with E-state index in [-0.39, 0.29) is 23.8 Å². The number of carbonyl (C=O) groups excluding carboxylic acids is 1. The normalized spacial score (nSPS) is 10.5. The van der Waals surface area contributed by atoms with E-state index in [4.69, 9.17) is 16.1 Å². The lowest BCUT2D eigenvalue weighted by Gasteiger charge is -2.06. The molecule has 2 aromatic carbocycles. The van der Waals surface area contributed by atoms with E-state index in [0.29, 0.717) is 16.3 Å². The molecule has 116 valence electrons. The van der Waals surface area contributed by atoms with Crippen LogP contribution in [-0.2, 0) is 6.54 Å². The third-order valence-electron chi connectivity index (χ3n) is 3.32. The molecule has 0 saturated carbocycles. The van der Waals surface area contributed by atoms with Gasteiger partial charge < -0.3 is 9.84 Å². The van der Waals surface area contributed by atoms with Crippen molar-refractivity contribution in [3.63, 3.8) is 0 Å². The van der Waals surface area contributed by atoms with Crippen LogP contribution in [0.2, 0.25) is 5.02 Å². The molecular weight excluding hydrogens is 319 g/mol. The Morgan fingerprint density at radius 2 is 1.91 bits per heavy atom. The van der Waals surface area contributed by atoms with Gasteiger partial charge in [-0.2, -0.15) is 0 Å². The van der Waals surface area contributed by atoms with Crippen molar-refractivity contribution >= 4 is 17.5 Å². The fourth-order valence-corrected chi connectivity index (χ4v) is 2.33. The highest BCUT2D eigenvalue weighted by molar-refractivity contribution is 6.31. The van der Waals surface area contributed by atoms with Crippen molar-refractivity contribution in [3.05, 3.63) is 76.7 Å². The lowest BCUT2D eigenvalue weighted by atomic mass is 10.1. The van der Waals surface area contributed by atoms with Crippen molar-refractivity contribution in [2.24, 2.45) is 0 Å². The maximum absolute atomic E-state index is 13.0. The van der Waals surface area contributed by atoms with Gasteiger partial charge in [0.2, 0.25) is 0 Å². The average Bonchev–Trinajstić information content (AvgIpc) is 3.04. The van der Waals surface area contributed by atoms with Crippen LogP contribution in [0.15, 0.2) is 59.3 Å². The Hall–Kier alpha value is -2.66. The molecular formula is C17H12ClFN2O2. The van der Waals surface area contributed by atoms with Gasteiger partial charge in [0.15, 0.2) is 5.76 Å². The van der Waals surface area contributed by atoms with Gasteiger partial charge in [0.1, 0.15) is 11.4 Å². The Morgan fingerprint density at radius 1 is 1.17 bits per heavy atom. The van der Waals surface area contributed by atoms with Crippen LogP contribution in [0.4, 0.5) is 4.39 Å². The van der Waals surface area contributed by atoms with Crippen molar-refractivity contribution in [3.8, 4) is 11.3 Å². The minimum Gasteiger partial charge on any atom is -0.355 e. The SMILES string of the molecule is O=C(NCc1ccccc1Cl)c1cnoc1-c1ccc(F)cc1. The smallest absolute Gasteiger partial charge is 0.257 e. The van der Waals surface area contributed by atoms with Crippen LogP contribution < -0.4 is 5.32 Å². The monoisotopic (exact) mass is 330 g/mol. The lowest BCUT2D eigenvalue weighted by Crippen LogP contribution is -2.23. The summed E-state index contributed by atoms with van der Waals surface area (Å²) in [7, 11) is 0. The molecule has 0 aliphatic rings. The van der Waals surface area contributed by atoms with Crippen LogP contribution in [0, 0.1) is 5.82 Å². The Labute approximate surface area is 136 Å². The lowest BCUT2D eigenvalue weighted by molar-refractivity contribution is 0.0951. The first-order valence-corrected chi connectivity index (χ1v) is 7.25. The molecule has 23 heavy (non-hydrogen) atoms. The molecule has 0 aliphatic carbocycles. The number of hydrogen-bond acceptors (Lipinski definition) is 3. The summed E-state index contributed by atoms with van der Waals surface area (Å²) in [4.78, 5) is 12.3. The van der Waals surface area contributed by atoms with Crippen LogP contribution in [0.25, 0.3) is 11.3 Å². The molecule has 3 aromatic rings. The Kier molecular flexibility index (Phi) is 4.39. The van der Waals surface area contributed by atoms with Gasteiger partial charge in [0, 0.05) is 17.1 Å². The van der Waals surface area contributed by atoms with Crippen LogP contribution in [-0.4, -0.2) is 11.1 Å². The third-order valence-corrected chi connectivity index (χ3v) is 3.69. The molecule has 0 saturated heterocycles. The number of nitrogens with one attached hydrogen (secondary N) is 1. The molecule has 0 fully saturated rings. The second-order valence-electron chi connectivity index (χ2n) is 4.85. The van der Waals surface area contributed by atoms with Gasteiger partial charge in [-0.3, -0.25) is 4.79 Å². The zero-order valence-corrected chi connectivity index (χ0v) is 12.7. The number of aromatic nitrogens is 1. The fourth-order valence-electron chi connectivity index (χ4n) is 2.12. The van der Waals surface area contributed by atoms with E-state index in [9.17, 15) is 9.18 Å². The molecule has 0 radical (unpaired) electrons. The first kappa shape index (κ1) is 15.2. The summed E-state index contributed by atoms with van der Waals surface area (Å²) in [6.45, 7) is 0.284. The third kappa shape index (κ3) is 3.40. The van der Waals surface area contributed by atoms with Crippen molar-refractivity contribution in [2.45, 2.75) is 6.54 Å². The van der Waals surface area contributed by atoms with E-state index >= 15 is 0 Å². The summed E-state index contributed by atoms with van der Waals surface area (Å²) in [5.41, 5.74) is 1.66. The summed E-state index contributed by atoms with van der Waals surface area (Å²) in [6.07, 6.45) is 1.33. The van der Waals surface area contributed by atoms with Gasteiger partial charge in [-0.05, 0) is 35.9 Å². The number of benzene rings is 2. The fraction of sp³-hybridized carbons (Fsp3) is 0.0588. The predicted molar refractivity (Wildman–Crippen MR) is 84.5 cm³/mol. The summed E-state index contributed by atoms with van der Waals surface area (Å²) in [5, 5.41) is 7.01. The Balaban J connectivity index is 1.77. The summed E-state index contributed by atoms with van der Waals surface area (Å²) in [5.74, 6) is -0.412. The van der Waals surface area contributed by atoms with Gasteiger partial charge in [-0.1, -0.05) is 35.0 Å². The van der Waals surface area contributed by atoms with Crippen molar-refractivity contribution in [2.75, 3.05) is 0 Å². The number of amides is 1. The molecule has 1 N–H and O–H groups in total. The van der Waals surface area contributed by atoms with E-state index in [1.807, 2.05) is 18.2 Å². The predicted octanol–water partition coefficient (Wildman–Crippen LogP) is 4.06. The molecule has 0 bridgehead atoms. The highest BCUT2D eigenvalue weighted by atomic mass is 35.5. The highest BCUT2D eigenvalue weighted by Crippen LogP contribution is 2.24. The molecule has 0 atom stereocenters. The van der Waals surface area contributed by atoms with E-state index < -0.39 is 0 Å². The van der Waals surface area contributed by atoms with E-state index in [1.165, 1.54) is 30.5 Å². The number of carbonyl (C=O) groups is 1. The second kappa shape index (κ2) is 6.62. The maximum Gasteiger partial charge on any atom is 0.257 e. The molecule has 1 amide bonds. The number of halogens is 2. The second-order valence-corrected chi connectivity index (χ2v) is 5.26. The van der Waals surface area contributed by atoms with E-state index in [1.54, 1.807) is 6.07 Å². The number of nitrogens with zero attached hydrogens (tertiary/aromatic N) is 1. The number of hydrogen-bond donors (Lipinski definition) is 1. The maximum atomic E-state index is 13.0. The first-order chi connectivity index (χ1) is 11.1. The van der Waals surface area contributed by atoms with E-state index in [2.05, 4.69) is 10.5 Å². The molecule has 4 nitrogen and oxygen atoms in total. The minimum absolute atomic E-state index is 0.281. The van der Waals surface area contributed by atoms with Crippen LogP contribution in [0.5, 0.6) is 0 Å². The average molecular weight is 331 g/mol. The molecule has 6 heteroatoms. The largest absolute Gasteiger partial charge is 0.355 e. The standard InChI is InChI=1S/C17H12ClFN2O2/c18-15-4-2-1-3-12(15)9-20-17(22)14-10-21-23-16(14)11-5-7-13(19)8-6-11/h1-8,10H,9H2,(H,20,22). The zero-order valence-electron chi connectivity index (χ0n) is 11.9. The van der Waals surface area contributed by atoms with Crippen LogP contribution in [0.3, 0.4) is 0 Å². The van der Waals surface area contributed by atoms with Gasteiger partial charge in [-0.25, -0.2) is 4.39 Å². The Morgan fingerprint density at radius 3 is 2.65 bits per heavy atom. The molecule has 1 heterocycles. The zero-order chi connectivity index (χ0) is 16.2. The quantitative estimate of drug-likeness (QED) is 0.784. The highest BCUT2D eigenvalue weighted by Gasteiger charge is 2.18. The van der Waals surface area contributed by atoms with Gasteiger partial charge in [0.05, 0.1) is 6.20 Å². The van der Waals surface area contributed by atoms with Gasteiger partial charge in [0.25, 0.3) is 5.91 Å². The van der Waals surface area contributed by atoms with Crippen molar-refractivity contribution < 1.29 is 13.7 Å². The molecule has 0 aliphatic heterocycles. The van der Waals surface area contributed by atoms with Crippen LogP contribution in [0.1, 0.15) is 15.9 Å². The molecule has 3 rings (SSSR count). The van der Waals surface area contributed by atoms with E-state index in [0.717, 1.165) is 5.56 Å². The van der Waals surface area contributed by atoms with Crippen molar-refractivity contribution in [1.82, 2.24) is 10.5 Å².